The van der Waals surface area contributed by atoms with Gasteiger partial charge in [-0.3, -0.25) is 19.3 Å². The van der Waals surface area contributed by atoms with Crippen molar-refractivity contribution in [2.45, 2.75) is 143 Å². The lowest BCUT2D eigenvalue weighted by Gasteiger charge is -2.41. The molecule has 0 saturated carbocycles. The van der Waals surface area contributed by atoms with Crippen molar-refractivity contribution in [2.75, 3.05) is 20.3 Å². The topological polar surface area (TPSA) is 138 Å². The molecular weight excluding hydrogens is 637 g/mol. The molecule has 13 heteroatoms. The van der Waals surface area contributed by atoms with Gasteiger partial charge in [0.1, 0.15) is 11.0 Å². The minimum Gasteiger partial charge on any atom is -0.476 e. The Balaban J connectivity index is 2.58. The van der Waals surface area contributed by atoms with Crippen molar-refractivity contribution in [3.8, 4) is 0 Å². The number of carbonyl (C=O) groups excluding carboxylic acids is 3. The summed E-state index contributed by atoms with van der Waals surface area (Å²) in [5.74, 6) is -2.23. The minimum absolute atomic E-state index is 0.0369. The number of hydrogen-bond donors (Lipinski definition) is 2. The molecule has 2 heterocycles. The number of likely N-dealkylation sites (tertiary alicyclic amines) is 1. The summed E-state index contributed by atoms with van der Waals surface area (Å²) in [4.78, 5) is 60.9. The van der Waals surface area contributed by atoms with Crippen molar-refractivity contribution in [3.05, 3.63) is 16.1 Å². The molecular formula is C34H60N4O7SSi. The Hall–Kier alpha value is -2.35. The molecule has 0 aliphatic carbocycles. The molecule has 2 amide bonds. The van der Waals surface area contributed by atoms with Crippen LogP contribution in [0.3, 0.4) is 0 Å². The third kappa shape index (κ3) is 11.4. The van der Waals surface area contributed by atoms with Crippen LogP contribution in [0.2, 0.25) is 18.1 Å². The monoisotopic (exact) mass is 696 g/mol. The summed E-state index contributed by atoms with van der Waals surface area (Å²) >= 11 is 1.25. The number of nitrogens with zero attached hydrogens (tertiary/aromatic N) is 3. The van der Waals surface area contributed by atoms with Gasteiger partial charge in [0.2, 0.25) is 11.8 Å². The number of amides is 2. The molecule has 11 nitrogen and oxygen atoms in total. The summed E-state index contributed by atoms with van der Waals surface area (Å²) < 4.78 is 12.7. The SMILES string of the molecule is CCCC(=O)OCN(C(=O)[C@H](NC(=O)C1CCCCN1C)[C@@H](C)CC)[C@H](C[C@@H](O[Si](CC)(CC)CC)c1nc(C(=O)O)cs1)C(C)C. The molecule has 0 aromatic carbocycles. The van der Waals surface area contributed by atoms with Crippen LogP contribution < -0.4 is 5.32 Å². The third-order valence-electron chi connectivity index (χ3n) is 9.92. The number of piperidine rings is 1. The first kappa shape index (κ1) is 40.8. The Labute approximate surface area is 287 Å². The Morgan fingerprint density at radius 2 is 1.77 bits per heavy atom. The second kappa shape index (κ2) is 19.6. The largest absolute Gasteiger partial charge is 0.476 e. The van der Waals surface area contributed by atoms with Gasteiger partial charge in [-0.25, -0.2) is 9.78 Å². The van der Waals surface area contributed by atoms with E-state index in [-0.39, 0.29) is 48.5 Å². The van der Waals surface area contributed by atoms with Crippen LogP contribution in [0.1, 0.15) is 122 Å². The van der Waals surface area contributed by atoms with Crippen LogP contribution in [0.5, 0.6) is 0 Å². The lowest BCUT2D eigenvalue weighted by atomic mass is 9.92. The van der Waals surface area contributed by atoms with Crippen molar-refractivity contribution in [1.29, 1.82) is 0 Å². The summed E-state index contributed by atoms with van der Waals surface area (Å²) in [6.45, 7) is 16.8. The highest BCUT2D eigenvalue weighted by molar-refractivity contribution is 7.09. The van der Waals surface area contributed by atoms with E-state index in [0.717, 1.165) is 43.9 Å². The zero-order chi connectivity index (χ0) is 35.3. The summed E-state index contributed by atoms with van der Waals surface area (Å²) in [7, 11) is -0.273. The first-order valence-corrected chi connectivity index (χ1v) is 21.0. The molecule has 47 heavy (non-hydrogen) atoms. The average molecular weight is 697 g/mol. The van der Waals surface area contributed by atoms with E-state index in [9.17, 15) is 24.3 Å². The fourth-order valence-electron chi connectivity index (χ4n) is 6.27. The van der Waals surface area contributed by atoms with E-state index in [2.05, 4.69) is 31.1 Å². The molecule has 0 bridgehead atoms. The van der Waals surface area contributed by atoms with Crippen molar-refractivity contribution in [2.24, 2.45) is 11.8 Å². The van der Waals surface area contributed by atoms with Gasteiger partial charge in [-0.1, -0.05) is 68.2 Å². The normalized spacial score (nSPS) is 18.3. The van der Waals surface area contributed by atoms with Crippen LogP contribution in [-0.4, -0.2) is 90.4 Å². The van der Waals surface area contributed by atoms with Gasteiger partial charge in [-0.2, -0.15) is 0 Å². The molecule has 5 atom stereocenters. The summed E-state index contributed by atoms with van der Waals surface area (Å²) in [6, 6.07) is 1.07. The van der Waals surface area contributed by atoms with E-state index in [1.54, 1.807) is 4.90 Å². The van der Waals surface area contributed by atoms with Crippen LogP contribution in [0.15, 0.2) is 5.38 Å². The number of likely N-dealkylation sites (N-methyl/N-ethyl adjacent to an activating group) is 1. The van der Waals surface area contributed by atoms with E-state index in [0.29, 0.717) is 24.3 Å². The fourth-order valence-corrected chi connectivity index (χ4v) is 10.0. The molecule has 1 aliphatic heterocycles. The Morgan fingerprint density at radius 1 is 1.11 bits per heavy atom. The number of carboxylic acids is 1. The van der Waals surface area contributed by atoms with Gasteiger partial charge < -0.3 is 24.5 Å². The molecule has 0 radical (unpaired) electrons. The number of carboxylic acid groups (broad SMARTS) is 1. The van der Waals surface area contributed by atoms with Crippen molar-refractivity contribution >= 4 is 43.4 Å². The quantitative estimate of drug-likeness (QED) is 0.0893. The second-order valence-corrected chi connectivity index (χ2v) is 19.0. The smallest absolute Gasteiger partial charge is 0.355 e. The zero-order valence-corrected chi connectivity index (χ0v) is 32.0. The molecule has 1 saturated heterocycles. The molecule has 2 rings (SSSR count). The maximum atomic E-state index is 14.7. The van der Waals surface area contributed by atoms with E-state index in [4.69, 9.17) is 9.16 Å². The molecule has 1 aromatic rings. The first-order chi connectivity index (χ1) is 22.3. The van der Waals surface area contributed by atoms with Crippen LogP contribution in [0.4, 0.5) is 0 Å². The van der Waals surface area contributed by atoms with Crippen LogP contribution in [0.25, 0.3) is 0 Å². The van der Waals surface area contributed by atoms with Crippen LogP contribution in [0, 0.1) is 11.8 Å². The number of carbonyl (C=O) groups is 4. The molecule has 1 fully saturated rings. The number of hydrogen-bond acceptors (Lipinski definition) is 9. The maximum absolute atomic E-state index is 14.7. The van der Waals surface area contributed by atoms with Gasteiger partial charge in [0.25, 0.3) is 0 Å². The lowest BCUT2D eigenvalue weighted by Crippen LogP contribution is -2.59. The van der Waals surface area contributed by atoms with E-state index < -0.39 is 38.4 Å². The zero-order valence-electron chi connectivity index (χ0n) is 30.2. The number of aromatic nitrogens is 1. The van der Waals surface area contributed by atoms with Crippen molar-refractivity contribution < 1.29 is 33.4 Å². The van der Waals surface area contributed by atoms with Crippen LogP contribution in [-0.2, 0) is 23.5 Å². The van der Waals surface area contributed by atoms with E-state index in [1.807, 2.05) is 46.6 Å². The van der Waals surface area contributed by atoms with Gasteiger partial charge in [-0.15, -0.1) is 11.3 Å². The van der Waals surface area contributed by atoms with Crippen LogP contribution >= 0.6 is 11.3 Å². The summed E-state index contributed by atoms with van der Waals surface area (Å²) in [6.07, 6.45) is 4.02. The van der Waals surface area contributed by atoms with Crippen molar-refractivity contribution in [1.82, 2.24) is 20.1 Å². The number of aromatic carboxylic acids is 1. The van der Waals surface area contributed by atoms with E-state index >= 15 is 0 Å². The van der Waals surface area contributed by atoms with Gasteiger partial charge >= 0.3 is 11.9 Å². The molecule has 1 aromatic heterocycles. The molecule has 1 unspecified atom stereocenters. The standard InChI is InChI=1S/C34H60N4O7SSi/c1-10-17-29(39)44-22-38(33(41)30(24(8)11-2)36-31(40)26-18-15-16-19-37(26)9)27(23(6)7)20-28(45-47(12-3,13-4)14-5)32-35-25(21-46-32)34(42)43/h21,23-24,26-28,30H,10-20,22H2,1-9H3,(H,36,40)(H,42,43)/t24-,26?,27+,28+,30+/m0/s1. The number of thiazole rings is 1. The predicted octanol–water partition coefficient (Wildman–Crippen LogP) is 6.46. The molecule has 268 valence electrons. The summed E-state index contributed by atoms with van der Waals surface area (Å²) in [5, 5.41) is 14.8. The first-order valence-electron chi connectivity index (χ1n) is 17.6. The third-order valence-corrected chi connectivity index (χ3v) is 15.5. The highest BCUT2D eigenvalue weighted by Crippen LogP contribution is 2.36. The second-order valence-electron chi connectivity index (χ2n) is 13.3. The van der Waals surface area contributed by atoms with Gasteiger partial charge in [0.05, 0.1) is 12.1 Å². The molecule has 1 aliphatic rings. The van der Waals surface area contributed by atoms with E-state index in [1.165, 1.54) is 16.7 Å². The average Bonchev–Trinajstić information content (AvgIpc) is 3.55. The maximum Gasteiger partial charge on any atom is 0.355 e. The van der Waals surface area contributed by atoms with Crippen molar-refractivity contribution in [3.63, 3.8) is 0 Å². The Bertz CT molecular complexity index is 1150. The number of nitrogens with one attached hydrogen (secondary N) is 1. The highest BCUT2D eigenvalue weighted by Gasteiger charge is 2.41. The minimum atomic E-state index is -2.22. The Kier molecular flexibility index (Phi) is 17.0. The Morgan fingerprint density at radius 3 is 2.28 bits per heavy atom. The number of rotatable bonds is 20. The lowest BCUT2D eigenvalue weighted by molar-refractivity contribution is -0.159. The predicted molar refractivity (Wildman–Crippen MR) is 188 cm³/mol. The van der Waals surface area contributed by atoms with Gasteiger partial charge in [0, 0.05) is 17.8 Å². The van der Waals surface area contributed by atoms with Gasteiger partial charge in [0.15, 0.2) is 20.7 Å². The molecule has 2 N–H and O–H groups in total. The fraction of sp³-hybridized carbons (Fsp3) is 0.794. The number of esters is 1. The molecule has 0 spiro atoms. The summed E-state index contributed by atoms with van der Waals surface area (Å²) in [5.41, 5.74) is -0.0369. The highest BCUT2D eigenvalue weighted by atomic mass is 32.1. The number of ether oxygens (including phenoxy) is 1. The van der Waals surface area contributed by atoms with Gasteiger partial charge in [-0.05, 0) is 69.2 Å².